The number of carbonyl (C=O) groups excluding carboxylic acids is 1. The highest BCUT2D eigenvalue weighted by Crippen LogP contribution is 2.27. The molecule has 1 aromatic heterocycles. The summed E-state index contributed by atoms with van der Waals surface area (Å²) in [4.78, 5) is 12.0. The topological polar surface area (TPSA) is 85.8 Å². The lowest BCUT2D eigenvalue weighted by Gasteiger charge is -2.19. The minimum atomic E-state index is -0.141. The molecule has 1 aromatic rings. The second-order valence-corrected chi connectivity index (χ2v) is 4.96. The first-order valence-corrected chi connectivity index (χ1v) is 6.61. The maximum absolute atomic E-state index is 12.0. The summed E-state index contributed by atoms with van der Waals surface area (Å²) in [6.07, 6.45) is 6.61. The zero-order chi connectivity index (χ0) is 13.0. The molecular formula is C12H21N5O. The first-order valence-electron chi connectivity index (χ1n) is 6.61. The average molecular weight is 251 g/mol. The molecule has 1 heterocycles. The summed E-state index contributed by atoms with van der Waals surface area (Å²) >= 11 is 0. The van der Waals surface area contributed by atoms with Gasteiger partial charge >= 0.3 is 0 Å². The van der Waals surface area contributed by atoms with Crippen LogP contribution < -0.4 is 11.1 Å². The molecule has 0 bridgehead atoms. The molecule has 1 aliphatic carbocycles. The Balaban J connectivity index is 1.89. The molecule has 0 spiro atoms. The fourth-order valence-electron chi connectivity index (χ4n) is 2.50. The van der Waals surface area contributed by atoms with Gasteiger partial charge in [0.25, 0.3) is 5.91 Å². The standard InChI is InChI=1S/C12H21N5O/c1-9(10-4-2-3-5-10)14-12(18)11-8-17(7-6-13)16-15-11/h8-10H,2-7,13H2,1H3,(H,14,18)/t9-/m1/s1. The number of hydrogen-bond donors (Lipinski definition) is 2. The summed E-state index contributed by atoms with van der Waals surface area (Å²) in [5.74, 6) is 0.464. The average Bonchev–Trinajstić information content (AvgIpc) is 3.00. The summed E-state index contributed by atoms with van der Waals surface area (Å²) in [7, 11) is 0. The number of carbonyl (C=O) groups is 1. The van der Waals surface area contributed by atoms with Gasteiger partial charge in [0, 0.05) is 12.6 Å². The Morgan fingerprint density at radius 3 is 3.00 bits per heavy atom. The summed E-state index contributed by atoms with van der Waals surface area (Å²) in [5, 5.41) is 10.7. The minimum absolute atomic E-state index is 0.141. The van der Waals surface area contributed by atoms with Crippen LogP contribution in [0, 0.1) is 5.92 Å². The third-order valence-electron chi connectivity index (χ3n) is 3.60. The maximum atomic E-state index is 12.0. The Morgan fingerprint density at radius 1 is 1.61 bits per heavy atom. The number of nitrogens with two attached hydrogens (primary N) is 1. The van der Waals surface area contributed by atoms with Crippen LogP contribution in [0.5, 0.6) is 0 Å². The zero-order valence-corrected chi connectivity index (χ0v) is 10.8. The van der Waals surface area contributed by atoms with Crippen LogP contribution in [0.3, 0.4) is 0 Å². The van der Waals surface area contributed by atoms with E-state index in [2.05, 4.69) is 22.6 Å². The predicted octanol–water partition coefficient (Wildman–Crippen LogP) is 0.545. The molecule has 0 unspecified atom stereocenters. The fourth-order valence-corrected chi connectivity index (χ4v) is 2.50. The first-order chi connectivity index (χ1) is 8.70. The summed E-state index contributed by atoms with van der Waals surface area (Å²) in [6.45, 7) is 3.14. The fraction of sp³-hybridized carbons (Fsp3) is 0.750. The highest BCUT2D eigenvalue weighted by atomic mass is 16.2. The van der Waals surface area contributed by atoms with Gasteiger partial charge in [0.1, 0.15) is 0 Å². The van der Waals surface area contributed by atoms with Gasteiger partial charge in [0.05, 0.1) is 12.7 Å². The molecule has 18 heavy (non-hydrogen) atoms. The van der Waals surface area contributed by atoms with Gasteiger partial charge in [-0.2, -0.15) is 0 Å². The molecule has 1 aliphatic rings. The summed E-state index contributed by atoms with van der Waals surface area (Å²) in [6, 6.07) is 0.208. The summed E-state index contributed by atoms with van der Waals surface area (Å²) < 4.78 is 1.59. The van der Waals surface area contributed by atoms with Crippen molar-refractivity contribution in [1.29, 1.82) is 0 Å². The van der Waals surface area contributed by atoms with E-state index in [9.17, 15) is 4.79 Å². The molecule has 1 fully saturated rings. The molecule has 2 rings (SSSR count). The second-order valence-electron chi connectivity index (χ2n) is 4.96. The number of nitrogens with zero attached hydrogens (tertiary/aromatic N) is 3. The molecule has 1 amide bonds. The Bertz CT molecular complexity index is 397. The third kappa shape index (κ3) is 3.07. The molecule has 0 saturated heterocycles. The van der Waals surface area contributed by atoms with Crippen molar-refractivity contribution < 1.29 is 4.79 Å². The van der Waals surface area contributed by atoms with Gasteiger partial charge in [0.2, 0.25) is 0 Å². The quantitative estimate of drug-likeness (QED) is 0.800. The molecule has 1 atom stereocenters. The van der Waals surface area contributed by atoms with Crippen molar-refractivity contribution in [3.63, 3.8) is 0 Å². The van der Waals surface area contributed by atoms with E-state index in [1.165, 1.54) is 25.7 Å². The van der Waals surface area contributed by atoms with E-state index in [1.807, 2.05) is 0 Å². The number of amides is 1. The molecule has 3 N–H and O–H groups in total. The van der Waals surface area contributed by atoms with Gasteiger partial charge in [-0.25, -0.2) is 0 Å². The Labute approximate surface area is 107 Å². The predicted molar refractivity (Wildman–Crippen MR) is 68.0 cm³/mol. The van der Waals surface area contributed by atoms with Crippen molar-refractivity contribution in [3.8, 4) is 0 Å². The van der Waals surface area contributed by atoms with Crippen molar-refractivity contribution >= 4 is 5.91 Å². The van der Waals surface area contributed by atoms with E-state index >= 15 is 0 Å². The van der Waals surface area contributed by atoms with Crippen LogP contribution in [-0.2, 0) is 6.54 Å². The van der Waals surface area contributed by atoms with Crippen LogP contribution in [0.2, 0.25) is 0 Å². The lowest BCUT2D eigenvalue weighted by molar-refractivity contribution is 0.0922. The number of nitrogens with one attached hydrogen (secondary N) is 1. The molecule has 0 radical (unpaired) electrons. The van der Waals surface area contributed by atoms with Crippen molar-refractivity contribution in [3.05, 3.63) is 11.9 Å². The molecule has 100 valence electrons. The van der Waals surface area contributed by atoms with Gasteiger partial charge in [-0.3, -0.25) is 9.48 Å². The molecular weight excluding hydrogens is 230 g/mol. The first kappa shape index (κ1) is 13.0. The Hall–Kier alpha value is -1.43. The van der Waals surface area contributed by atoms with Crippen LogP contribution in [0.4, 0.5) is 0 Å². The van der Waals surface area contributed by atoms with E-state index in [4.69, 9.17) is 5.73 Å². The summed E-state index contributed by atoms with van der Waals surface area (Å²) in [5.41, 5.74) is 5.79. The smallest absolute Gasteiger partial charge is 0.273 e. The van der Waals surface area contributed by atoms with Crippen molar-refractivity contribution in [2.45, 2.75) is 45.2 Å². The largest absolute Gasteiger partial charge is 0.348 e. The van der Waals surface area contributed by atoms with Crippen molar-refractivity contribution in [1.82, 2.24) is 20.3 Å². The number of aromatic nitrogens is 3. The Kier molecular flexibility index (Phi) is 4.30. The van der Waals surface area contributed by atoms with E-state index in [1.54, 1.807) is 10.9 Å². The lowest BCUT2D eigenvalue weighted by atomic mass is 10.00. The lowest BCUT2D eigenvalue weighted by Crippen LogP contribution is -2.37. The van der Waals surface area contributed by atoms with Crippen molar-refractivity contribution in [2.24, 2.45) is 11.7 Å². The number of rotatable bonds is 5. The second kappa shape index (κ2) is 5.95. The van der Waals surface area contributed by atoms with Gasteiger partial charge < -0.3 is 11.1 Å². The Morgan fingerprint density at radius 2 is 2.33 bits per heavy atom. The van der Waals surface area contributed by atoms with Gasteiger partial charge in [-0.05, 0) is 25.7 Å². The molecule has 1 saturated carbocycles. The van der Waals surface area contributed by atoms with Crippen LogP contribution in [0.15, 0.2) is 6.20 Å². The van der Waals surface area contributed by atoms with Gasteiger partial charge in [-0.15, -0.1) is 5.10 Å². The zero-order valence-electron chi connectivity index (χ0n) is 10.8. The highest BCUT2D eigenvalue weighted by molar-refractivity contribution is 5.92. The highest BCUT2D eigenvalue weighted by Gasteiger charge is 2.23. The van der Waals surface area contributed by atoms with E-state index < -0.39 is 0 Å². The molecule has 6 heteroatoms. The number of hydrogen-bond acceptors (Lipinski definition) is 4. The van der Waals surface area contributed by atoms with Crippen LogP contribution in [0.25, 0.3) is 0 Å². The van der Waals surface area contributed by atoms with Crippen LogP contribution >= 0.6 is 0 Å². The van der Waals surface area contributed by atoms with E-state index in [0.29, 0.717) is 24.7 Å². The van der Waals surface area contributed by atoms with Gasteiger partial charge in [-0.1, -0.05) is 18.1 Å². The monoisotopic (exact) mass is 251 g/mol. The normalized spacial score (nSPS) is 17.9. The maximum Gasteiger partial charge on any atom is 0.273 e. The third-order valence-corrected chi connectivity index (χ3v) is 3.60. The van der Waals surface area contributed by atoms with Crippen molar-refractivity contribution in [2.75, 3.05) is 6.54 Å². The SMILES string of the molecule is C[C@@H](NC(=O)c1cn(CCN)nn1)C1CCCC1. The molecule has 0 aromatic carbocycles. The van der Waals surface area contributed by atoms with Gasteiger partial charge in [0.15, 0.2) is 5.69 Å². The molecule has 6 nitrogen and oxygen atoms in total. The van der Waals surface area contributed by atoms with E-state index in [-0.39, 0.29) is 11.9 Å². The molecule has 0 aliphatic heterocycles. The van der Waals surface area contributed by atoms with Crippen LogP contribution in [0.1, 0.15) is 43.1 Å². The minimum Gasteiger partial charge on any atom is -0.348 e. The van der Waals surface area contributed by atoms with Crippen LogP contribution in [-0.4, -0.2) is 33.5 Å². The van der Waals surface area contributed by atoms with E-state index in [0.717, 1.165) is 0 Å².